The summed E-state index contributed by atoms with van der Waals surface area (Å²) < 4.78 is 0. The third kappa shape index (κ3) is 4.39. The number of rotatable bonds is 7. The fourth-order valence-corrected chi connectivity index (χ4v) is 7.60. The number of phenolic OH excluding ortho intramolecular Hbond substituents is 1. The van der Waals surface area contributed by atoms with E-state index >= 15 is 0 Å². The Morgan fingerprint density at radius 2 is 1.88 bits per heavy atom. The maximum absolute atomic E-state index is 13.8. The van der Waals surface area contributed by atoms with Crippen molar-refractivity contribution in [1.29, 1.82) is 0 Å². The Kier molecular flexibility index (Phi) is 7.64. The molecule has 216 valence electrons. The first-order valence-electron chi connectivity index (χ1n) is 13.7. The molecular formula is C28H35ClN4O7. The number of hydrogen-bond donors (Lipinski definition) is 4. The second-order valence-corrected chi connectivity index (χ2v) is 12.1. The Labute approximate surface area is 237 Å². The van der Waals surface area contributed by atoms with Crippen LogP contribution in [0.5, 0.6) is 5.75 Å². The van der Waals surface area contributed by atoms with Crippen molar-refractivity contribution in [2.24, 2.45) is 29.4 Å². The van der Waals surface area contributed by atoms with Gasteiger partial charge >= 0.3 is 0 Å². The van der Waals surface area contributed by atoms with Crippen LogP contribution in [0.2, 0.25) is 5.02 Å². The van der Waals surface area contributed by atoms with Gasteiger partial charge in [0.1, 0.15) is 5.75 Å². The molecule has 0 bridgehead atoms. The van der Waals surface area contributed by atoms with Crippen LogP contribution in [-0.2, 0) is 32.1 Å². The molecule has 2 saturated carbocycles. The number of hydrogen-bond acceptors (Lipinski definition) is 10. The number of halogens is 1. The topological polar surface area (TPSA) is 170 Å². The Morgan fingerprint density at radius 3 is 2.50 bits per heavy atom. The molecule has 0 aromatic heterocycles. The fourth-order valence-electron chi connectivity index (χ4n) is 7.30. The summed E-state index contributed by atoms with van der Waals surface area (Å²) in [5.41, 5.74) is 3.52. The average molecular weight is 575 g/mol. The van der Waals surface area contributed by atoms with Gasteiger partial charge in [-0.15, -0.1) is 0 Å². The summed E-state index contributed by atoms with van der Waals surface area (Å²) >= 11 is 6.77. The molecular weight excluding hydrogens is 540 g/mol. The van der Waals surface area contributed by atoms with E-state index < -0.39 is 64.4 Å². The summed E-state index contributed by atoms with van der Waals surface area (Å²) in [5, 5.41) is 26.1. The monoisotopic (exact) mass is 574 g/mol. The number of phenols is 1. The van der Waals surface area contributed by atoms with Crippen molar-refractivity contribution in [3.05, 3.63) is 27.8 Å². The number of ketones is 4. The van der Waals surface area contributed by atoms with Gasteiger partial charge in [0.2, 0.25) is 5.91 Å². The number of nitrogens with two attached hydrogens (primary N) is 1. The van der Waals surface area contributed by atoms with Crippen molar-refractivity contribution >= 4 is 40.6 Å². The van der Waals surface area contributed by atoms with Crippen LogP contribution < -0.4 is 11.1 Å². The molecule has 1 aromatic rings. The van der Waals surface area contributed by atoms with Gasteiger partial charge in [-0.2, -0.15) is 0 Å². The first-order chi connectivity index (χ1) is 18.9. The number of nitrogens with zero attached hydrogens (tertiary/aromatic N) is 2. The smallest absolute Gasteiger partial charge is 0.235 e. The van der Waals surface area contributed by atoms with E-state index in [1.54, 1.807) is 14.1 Å². The second-order valence-electron chi connectivity index (χ2n) is 11.7. The molecule has 1 amide bonds. The number of primary amides is 1. The van der Waals surface area contributed by atoms with Crippen LogP contribution in [-0.4, -0.2) is 101 Å². The van der Waals surface area contributed by atoms with E-state index in [0.29, 0.717) is 22.7 Å². The number of aliphatic hydroxyl groups is 1. The molecule has 1 saturated heterocycles. The summed E-state index contributed by atoms with van der Waals surface area (Å²) in [6.45, 7) is 4.15. The van der Waals surface area contributed by atoms with E-state index in [2.05, 4.69) is 10.2 Å². The molecule has 6 atom stereocenters. The molecule has 3 aliphatic carbocycles. The summed E-state index contributed by atoms with van der Waals surface area (Å²) in [6.07, 6.45) is 2.52. The van der Waals surface area contributed by atoms with E-state index in [0.717, 1.165) is 26.2 Å². The molecule has 40 heavy (non-hydrogen) atoms. The maximum atomic E-state index is 13.8. The van der Waals surface area contributed by atoms with Crippen molar-refractivity contribution in [2.45, 2.75) is 43.9 Å². The Balaban J connectivity index is 1.46. The average Bonchev–Trinajstić information content (AvgIpc) is 3.40. The Morgan fingerprint density at radius 1 is 1.20 bits per heavy atom. The number of fused-ring (bicyclic) bond motifs is 3. The maximum Gasteiger partial charge on any atom is 0.235 e. The van der Waals surface area contributed by atoms with E-state index in [-0.39, 0.29) is 24.2 Å². The molecule has 5 N–H and O–H groups in total. The van der Waals surface area contributed by atoms with Crippen LogP contribution in [0, 0.1) is 23.7 Å². The van der Waals surface area contributed by atoms with Crippen LogP contribution >= 0.6 is 11.6 Å². The standard InChI is InChI=1S/C28H35ClN4O7/c1-32(2)22-16-10-13-9-15-19(17(34)11-14(21(15)29)12-31-5-8-33-6-3-4-7-33)23(35)18(13)25(37)28(16,40)26(38)20(24(22)36)27(30)39/h11,13,16,18,20,22,31,34,40H,3-10,12H2,1-2H3,(H2,30,39)/t13-,16-,18?,20?,22-,28-/m0/s1. The largest absolute Gasteiger partial charge is 0.507 e. The number of Topliss-reactive ketones (excluding diaryl/α,β-unsaturated/α-hetero) is 4. The highest BCUT2D eigenvalue weighted by Gasteiger charge is 2.69. The minimum Gasteiger partial charge on any atom is -0.507 e. The lowest BCUT2D eigenvalue weighted by Gasteiger charge is -2.52. The highest BCUT2D eigenvalue weighted by atomic mass is 35.5. The third-order valence-corrected chi connectivity index (χ3v) is 9.66. The molecule has 1 heterocycles. The molecule has 0 radical (unpaired) electrons. The molecule has 2 unspecified atom stereocenters. The van der Waals surface area contributed by atoms with Gasteiger partial charge in [-0.05, 0) is 76.0 Å². The van der Waals surface area contributed by atoms with Crippen LogP contribution in [0.15, 0.2) is 6.07 Å². The van der Waals surface area contributed by atoms with Crippen LogP contribution in [0.4, 0.5) is 0 Å². The van der Waals surface area contributed by atoms with Gasteiger partial charge in [0.05, 0.1) is 17.5 Å². The first-order valence-corrected chi connectivity index (χ1v) is 14.1. The van der Waals surface area contributed by atoms with Crippen molar-refractivity contribution in [3.8, 4) is 5.75 Å². The van der Waals surface area contributed by atoms with Gasteiger partial charge in [0.25, 0.3) is 0 Å². The predicted octanol–water partition coefficient (Wildman–Crippen LogP) is -0.294. The number of benzene rings is 1. The van der Waals surface area contributed by atoms with Crippen molar-refractivity contribution in [1.82, 2.24) is 15.1 Å². The number of likely N-dealkylation sites (N-methyl/N-ethyl adjacent to an activating group) is 1. The number of carbonyl (C=O) groups is 5. The number of carbonyl (C=O) groups excluding carboxylic acids is 5. The fraction of sp³-hybridized carbons (Fsp3) is 0.607. The van der Waals surface area contributed by atoms with Crippen LogP contribution in [0.3, 0.4) is 0 Å². The zero-order valence-corrected chi connectivity index (χ0v) is 23.4. The van der Waals surface area contributed by atoms with Crippen LogP contribution in [0.25, 0.3) is 0 Å². The third-order valence-electron chi connectivity index (χ3n) is 9.19. The van der Waals surface area contributed by atoms with E-state index in [4.69, 9.17) is 17.3 Å². The molecule has 11 nitrogen and oxygen atoms in total. The van der Waals surface area contributed by atoms with Gasteiger partial charge in [0, 0.05) is 30.6 Å². The second kappa shape index (κ2) is 10.6. The highest BCUT2D eigenvalue weighted by molar-refractivity contribution is 6.34. The summed E-state index contributed by atoms with van der Waals surface area (Å²) in [5.74, 6) is -10.7. The lowest BCUT2D eigenvalue weighted by molar-refractivity contribution is -0.181. The lowest BCUT2D eigenvalue weighted by Crippen LogP contribution is -2.74. The number of likely N-dealkylation sites (tertiary alicyclic amines) is 1. The molecule has 3 fully saturated rings. The van der Waals surface area contributed by atoms with E-state index in [9.17, 15) is 34.2 Å². The minimum absolute atomic E-state index is 0.0146. The zero-order chi connectivity index (χ0) is 29.1. The minimum atomic E-state index is -2.74. The summed E-state index contributed by atoms with van der Waals surface area (Å²) in [6, 6.07) is 0.263. The highest BCUT2D eigenvalue weighted by Crippen LogP contribution is 2.51. The first kappa shape index (κ1) is 28.8. The molecule has 0 spiro atoms. The Bertz CT molecular complexity index is 1290. The summed E-state index contributed by atoms with van der Waals surface area (Å²) in [7, 11) is 3.10. The van der Waals surface area contributed by atoms with Crippen molar-refractivity contribution in [2.75, 3.05) is 40.3 Å². The molecule has 4 aliphatic rings. The normalized spacial score (nSPS) is 32.3. The van der Waals surface area contributed by atoms with E-state index in [1.807, 2.05) is 0 Å². The van der Waals surface area contributed by atoms with Gasteiger partial charge in [-0.25, -0.2) is 0 Å². The van der Waals surface area contributed by atoms with Gasteiger partial charge in [0.15, 0.2) is 34.7 Å². The van der Waals surface area contributed by atoms with Gasteiger partial charge in [-0.3, -0.25) is 28.9 Å². The quantitative estimate of drug-likeness (QED) is 0.250. The Hall–Kier alpha value is -2.70. The van der Waals surface area contributed by atoms with Gasteiger partial charge < -0.3 is 26.2 Å². The van der Waals surface area contributed by atoms with Crippen molar-refractivity contribution < 1.29 is 34.2 Å². The lowest BCUT2D eigenvalue weighted by atomic mass is 9.52. The molecule has 1 aromatic carbocycles. The van der Waals surface area contributed by atoms with Gasteiger partial charge in [-0.1, -0.05) is 11.6 Å². The molecule has 5 rings (SSSR count). The molecule has 12 heteroatoms. The number of nitrogens with one attached hydrogen (secondary N) is 1. The SMILES string of the molecule is CN(C)[C@@H]1C(=O)C(C(N)=O)C(=O)[C@@]2(O)C(=O)C3C(=O)c4c(O)cc(CNCCN5CCCC5)c(Cl)c4C[C@H]3C[C@@H]12. The molecule has 1 aliphatic heterocycles. The van der Waals surface area contributed by atoms with E-state index in [1.165, 1.54) is 23.8 Å². The zero-order valence-electron chi connectivity index (χ0n) is 22.6. The van der Waals surface area contributed by atoms with Crippen LogP contribution in [0.1, 0.15) is 40.7 Å². The summed E-state index contributed by atoms with van der Waals surface area (Å²) in [4.78, 5) is 69.9. The van der Waals surface area contributed by atoms with Crippen molar-refractivity contribution in [3.63, 3.8) is 0 Å². The predicted molar refractivity (Wildman–Crippen MR) is 144 cm³/mol. The number of amides is 1. The number of aromatic hydroxyl groups is 1.